The molecular weight excluding hydrogens is 337 g/mol. The van der Waals surface area contributed by atoms with Crippen LogP contribution in [-0.4, -0.2) is 4.99 Å². The van der Waals surface area contributed by atoms with Crippen LogP contribution in [0, 0.1) is 0 Å². The molecular formula is C14H10Cl3NOS. The minimum Gasteiger partial charge on any atom is -0.489 e. The van der Waals surface area contributed by atoms with Gasteiger partial charge in [0.05, 0.1) is 10.0 Å². The van der Waals surface area contributed by atoms with Crippen molar-refractivity contribution in [3.8, 4) is 5.75 Å². The molecule has 2 aromatic carbocycles. The Morgan fingerprint density at radius 2 is 1.80 bits per heavy atom. The van der Waals surface area contributed by atoms with Crippen LogP contribution in [0.25, 0.3) is 0 Å². The molecule has 0 unspecified atom stereocenters. The average Bonchev–Trinajstić information content (AvgIpc) is 2.43. The largest absolute Gasteiger partial charge is 0.489 e. The lowest BCUT2D eigenvalue weighted by molar-refractivity contribution is 0.306. The molecule has 0 saturated heterocycles. The molecule has 0 bridgehead atoms. The van der Waals surface area contributed by atoms with E-state index in [9.17, 15) is 0 Å². The van der Waals surface area contributed by atoms with Crippen molar-refractivity contribution in [1.29, 1.82) is 0 Å². The summed E-state index contributed by atoms with van der Waals surface area (Å²) in [5, 5.41) is 1.33. The highest BCUT2D eigenvalue weighted by Gasteiger charge is 2.10. The lowest BCUT2D eigenvalue weighted by Crippen LogP contribution is -2.09. The van der Waals surface area contributed by atoms with Crippen LogP contribution < -0.4 is 10.5 Å². The fraction of sp³-hybridized carbons (Fsp3) is 0.0714. The molecule has 2 nitrogen and oxygen atoms in total. The monoisotopic (exact) mass is 345 g/mol. The third kappa shape index (κ3) is 3.55. The number of thiocarbonyl (C=S) groups is 1. The van der Waals surface area contributed by atoms with E-state index >= 15 is 0 Å². The van der Waals surface area contributed by atoms with Gasteiger partial charge < -0.3 is 10.5 Å². The molecule has 0 aliphatic heterocycles. The van der Waals surface area contributed by atoms with Gasteiger partial charge >= 0.3 is 0 Å². The first kappa shape index (κ1) is 15.4. The van der Waals surface area contributed by atoms with E-state index < -0.39 is 0 Å². The molecule has 2 N–H and O–H groups in total. The highest BCUT2D eigenvalue weighted by Crippen LogP contribution is 2.32. The van der Waals surface area contributed by atoms with Crippen LogP contribution in [0.3, 0.4) is 0 Å². The van der Waals surface area contributed by atoms with Crippen LogP contribution in [0.1, 0.15) is 11.1 Å². The number of ether oxygens (including phenoxy) is 1. The molecule has 0 aliphatic carbocycles. The van der Waals surface area contributed by atoms with Gasteiger partial charge in [-0.25, -0.2) is 0 Å². The number of hydrogen-bond acceptors (Lipinski definition) is 2. The van der Waals surface area contributed by atoms with Gasteiger partial charge in [0.25, 0.3) is 0 Å². The molecule has 0 spiro atoms. The summed E-state index contributed by atoms with van der Waals surface area (Å²) < 4.78 is 5.66. The maximum atomic E-state index is 6.11. The van der Waals surface area contributed by atoms with Crippen molar-refractivity contribution in [2.24, 2.45) is 5.73 Å². The summed E-state index contributed by atoms with van der Waals surface area (Å²) in [6.45, 7) is 0.207. The first-order valence-electron chi connectivity index (χ1n) is 5.64. The number of hydrogen-bond donors (Lipinski definition) is 1. The van der Waals surface area contributed by atoms with Crippen molar-refractivity contribution in [2.45, 2.75) is 6.61 Å². The van der Waals surface area contributed by atoms with Gasteiger partial charge in [-0.05, 0) is 24.3 Å². The molecule has 0 fully saturated rings. The van der Waals surface area contributed by atoms with Gasteiger partial charge in [-0.15, -0.1) is 0 Å². The Bertz CT molecular complexity index is 661. The second kappa shape index (κ2) is 6.64. The first-order valence-corrected chi connectivity index (χ1v) is 7.18. The van der Waals surface area contributed by atoms with E-state index in [0.29, 0.717) is 31.4 Å². The van der Waals surface area contributed by atoms with Crippen LogP contribution in [-0.2, 0) is 6.61 Å². The van der Waals surface area contributed by atoms with Crippen molar-refractivity contribution < 1.29 is 4.74 Å². The molecule has 0 radical (unpaired) electrons. The van der Waals surface area contributed by atoms with Crippen molar-refractivity contribution in [3.05, 3.63) is 62.6 Å². The van der Waals surface area contributed by atoms with Crippen molar-refractivity contribution >= 4 is 52.0 Å². The number of nitrogens with two attached hydrogens (primary N) is 1. The Labute approximate surface area is 137 Å². The van der Waals surface area contributed by atoms with E-state index in [1.54, 1.807) is 24.3 Å². The highest BCUT2D eigenvalue weighted by atomic mass is 35.5. The molecule has 6 heteroatoms. The maximum absolute atomic E-state index is 6.11. The minimum absolute atomic E-state index is 0.207. The third-order valence-corrected chi connectivity index (χ3v) is 4.07. The molecule has 0 aromatic heterocycles. The maximum Gasteiger partial charge on any atom is 0.120 e. The molecule has 0 amide bonds. The SMILES string of the molecule is NC(=S)c1cccc(OCc2c(Cl)ccc(Cl)c2Cl)c1. The summed E-state index contributed by atoms with van der Waals surface area (Å²) in [5.74, 6) is 0.627. The van der Waals surface area contributed by atoms with Gasteiger partial charge in [-0.3, -0.25) is 0 Å². The Hall–Kier alpha value is -1.000. The second-order valence-corrected chi connectivity index (χ2v) is 5.63. The predicted molar refractivity (Wildman–Crippen MR) is 88.1 cm³/mol. The van der Waals surface area contributed by atoms with Crippen LogP contribution >= 0.6 is 47.0 Å². The normalized spacial score (nSPS) is 10.3. The molecule has 0 atom stereocenters. The van der Waals surface area contributed by atoms with Gasteiger partial charge in [0.1, 0.15) is 17.3 Å². The van der Waals surface area contributed by atoms with Crippen LogP contribution in [0.4, 0.5) is 0 Å². The van der Waals surface area contributed by atoms with Gasteiger partial charge in [0.2, 0.25) is 0 Å². The first-order chi connectivity index (χ1) is 9.49. The Morgan fingerprint density at radius 3 is 2.50 bits per heavy atom. The quantitative estimate of drug-likeness (QED) is 0.634. The van der Waals surface area contributed by atoms with Crippen molar-refractivity contribution in [1.82, 2.24) is 0 Å². The molecule has 20 heavy (non-hydrogen) atoms. The molecule has 104 valence electrons. The number of benzene rings is 2. The molecule has 2 aromatic rings. The van der Waals surface area contributed by atoms with E-state index in [2.05, 4.69) is 0 Å². The van der Waals surface area contributed by atoms with E-state index in [1.807, 2.05) is 12.1 Å². The Balaban J connectivity index is 2.19. The summed E-state index contributed by atoms with van der Waals surface area (Å²) in [5.41, 5.74) is 6.95. The molecule has 0 aliphatic rings. The molecule has 0 saturated carbocycles. The highest BCUT2D eigenvalue weighted by molar-refractivity contribution is 7.80. The lowest BCUT2D eigenvalue weighted by Gasteiger charge is -2.11. The standard InChI is InChI=1S/C14H10Cl3NOS/c15-11-4-5-12(16)13(17)10(11)7-19-9-3-1-2-8(6-9)14(18)20/h1-6H,7H2,(H2,18,20). The smallest absolute Gasteiger partial charge is 0.120 e. The van der Waals surface area contributed by atoms with Crippen LogP contribution in [0.15, 0.2) is 36.4 Å². The van der Waals surface area contributed by atoms with Gasteiger partial charge in [0, 0.05) is 16.1 Å². The predicted octanol–water partition coefficient (Wildman–Crippen LogP) is 4.86. The summed E-state index contributed by atoms with van der Waals surface area (Å²) in [6, 6.07) is 10.5. The van der Waals surface area contributed by atoms with E-state index in [4.69, 9.17) is 57.5 Å². The fourth-order valence-electron chi connectivity index (χ4n) is 1.60. The van der Waals surface area contributed by atoms with Crippen LogP contribution in [0.5, 0.6) is 5.75 Å². The fourth-order valence-corrected chi connectivity index (χ4v) is 2.38. The molecule has 2 rings (SSSR count). The zero-order valence-corrected chi connectivity index (χ0v) is 13.3. The van der Waals surface area contributed by atoms with Crippen molar-refractivity contribution in [3.63, 3.8) is 0 Å². The van der Waals surface area contributed by atoms with Gasteiger partial charge in [-0.1, -0.05) is 59.2 Å². The second-order valence-electron chi connectivity index (χ2n) is 4.00. The lowest BCUT2D eigenvalue weighted by atomic mass is 10.2. The van der Waals surface area contributed by atoms with Crippen molar-refractivity contribution in [2.75, 3.05) is 0 Å². The van der Waals surface area contributed by atoms with Crippen LogP contribution in [0.2, 0.25) is 15.1 Å². The summed E-state index contributed by atoms with van der Waals surface area (Å²) in [7, 11) is 0. The van der Waals surface area contributed by atoms with Gasteiger partial charge in [-0.2, -0.15) is 0 Å². The average molecular weight is 347 g/mol. The van der Waals surface area contributed by atoms with Gasteiger partial charge in [0.15, 0.2) is 0 Å². The summed E-state index contributed by atoms with van der Waals surface area (Å²) >= 11 is 23.1. The number of halogens is 3. The molecule has 0 heterocycles. The summed E-state index contributed by atoms with van der Waals surface area (Å²) in [6.07, 6.45) is 0. The Kier molecular flexibility index (Phi) is 5.11. The summed E-state index contributed by atoms with van der Waals surface area (Å²) in [4.78, 5) is 0.314. The zero-order chi connectivity index (χ0) is 14.7. The van der Waals surface area contributed by atoms with E-state index in [1.165, 1.54) is 0 Å². The van der Waals surface area contributed by atoms with E-state index in [-0.39, 0.29) is 6.61 Å². The third-order valence-electron chi connectivity index (χ3n) is 2.64. The Morgan fingerprint density at radius 1 is 1.10 bits per heavy atom. The minimum atomic E-state index is 0.207. The van der Waals surface area contributed by atoms with E-state index in [0.717, 1.165) is 5.56 Å². The zero-order valence-electron chi connectivity index (χ0n) is 10.2. The topological polar surface area (TPSA) is 35.2 Å². The number of rotatable bonds is 4.